The quantitative estimate of drug-likeness (QED) is 0.774. The highest BCUT2D eigenvalue weighted by Gasteiger charge is 2.32. The number of hydrogen-bond acceptors (Lipinski definition) is 3. The highest BCUT2D eigenvalue weighted by atomic mass is 16.3. The molecule has 0 bridgehead atoms. The Morgan fingerprint density at radius 3 is 2.74 bits per heavy atom. The summed E-state index contributed by atoms with van der Waals surface area (Å²) in [5, 5.41) is 12.6. The van der Waals surface area contributed by atoms with E-state index in [0.29, 0.717) is 6.61 Å². The summed E-state index contributed by atoms with van der Waals surface area (Å²) >= 11 is 0. The first kappa shape index (κ1) is 15.3. The highest BCUT2D eigenvalue weighted by molar-refractivity contribution is 4.87. The van der Waals surface area contributed by atoms with Gasteiger partial charge in [0.25, 0.3) is 0 Å². The van der Waals surface area contributed by atoms with Crippen molar-refractivity contribution in [2.75, 3.05) is 33.3 Å². The van der Waals surface area contributed by atoms with E-state index < -0.39 is 0 Å². The predicted molar refractivity (Wildman–Crippen MR) is 80.2 cm³/mol. The lowest BCUT2D eigenvalue weighted by molar-refractivity contribution is 0.152. The Balaban J connectivity index is 1.82. The van der Waals surface area contributed by atoms with Crippen LogP contribution < -0.4 is 5.32 Å². The molecular weight excluding hydrogens is 236 g/mol. The summed E-state index contributed by atoms with van der Waals surface area (Å²) in [6.07, 6.45) is 7.80. The molecule has 3 heteroatoms. The van der Waals surface area contributed by atoms with Gasteiger partial charge in [0.1, 0.15) is 0 Å². The third-order valence-corrected chi connectivity index (χ3v) is 5.44. The van der Waals surface area contributed by atoms with E-state index in [2.05, 4.69) is 24.2 Å². The van der Waals surface area contributed by atoms with Crippen LogP contribution in [-0.2, 0) is 0 Å². The molecule has 2 aliphatic rings. The van der Waals surface area contributed by atoms with Gasteiger partial charge >= 0.3 is 0 Å². The molecule has 0 radical (unpaired) electrons. The molecule has 1 heterocycles. The Hall–Kier alpha value is -0.120. The van der Waals surface area contributed by atoms with Crippen LogP contribution >= 0.6 is 0 Å². The molecule has 1 saturated carbocycles. The summed E-state index contributed by atoms with van der Waals surface area (Å²) in [4.78, 5) is 2.65. The molecule has 3 nitrogen and oxygen atoms in total. The molecule has 4 atom stereocenters. The molecule has 19 heavy (non-hydrogen) atoms. The molecule has 4 unspecified atom stereocenters. The zero-order valence-corrected chi connectivity index (χ0v) is 12.8. The zero-order chi connectivity index (χ0) is 13.7. The third kappa shape index (κ3) is 4.17. The fraction of sp³-hybridized carbons (Fsp3) is 1.00. The monoisotopic (exact) mass is 268 g/mol. The van der Waals surface area contributed by atoms with Crippen molar-refractivity contribution in [1.82, 2.24) is 10.2 Å². The average molecular weight is 268 g/mol. The van der Waals surface area contributed by atoms with Crippen molar-refractivity contribution in [3.8, 4) is 0 Å². The fourth-order valence-corrected chi connectivity index (χ4v) is 4.14. The molecule has 0 amide bonds. The largest absolute Gasteiger partial charge is 0.396 e. The van der Waals surface area contributed by atoms with Crippen molar-refractivity contribution in [1.29, 1.82) is 0 Å². The van der Waals surface area contributed by atoms with E-state index in [1.165, 1.54) is 51.7 Å². The molecular formula is C16H32N2O. The van der Waals surface area contributed by atoms with Gasteiger partial charge in [-0.3, -0.25) is 0 Å². The van der Waals surface area contributed by atoms with Crippen LogP contribution in [0.3, 0.4) is 0 Å². The second-order valence-electron chi connectivity index (χ2n) is 6.67. The van der Waals surface area contributed by atoms with Gasteiger partial charge in [-0.05, 0) is 63.5 Å². The van der Waals surface area contributed by atoms with E-state index in [-0.39, 0.29) is 0 Å². The highest BCUT2D eigenvalue weighted by Crippen LogP contribution is 2.33. The summed E-state index contributed by atoms with van der Waals surface area (Å²) in [7, 11) is 2.13. The van der Waals surface area contributed by atoms with Gasteiger partial charge < -0.3 is 15.3 Å². The number of nitrogens with zero attached hydrogens (tertiary/aromatic N) is 1. The van der Waals surface area contributed by atoms with E-state index in [4.69, 9.17) is 5.11 Å². The van der Waals surface area contributed by atoms with Crippen LogP contribution in [0.5, 0.6) is 0 Å². The van der Waals surface area contributed by atoms with Gasteiger partial charge in [-0.15, -0.1) is 0 Å². The summed E-state index contributed by atoms with van der Waals surface area (Å²) in [6.45, 7) is 6.43. The minimum Gasteiger partial charge on any atom is -0.396 e. The standard InChI is InChI=1S/C16H32N2O/c1-3-13-4-5-16(17-2)15(10-13)12-18-8-6-14(11-18)7-9-19/h13-17,19H,3-12H2,1-2H3. The minimum atomic E-state index is 0.360. The number of aliphatic hydroxyl groups excluding tert-OH is 1. The molecule has 2 fully saturated rings. The van der Waals surface area contributed by atoms with Gasteiger partial charge in [-0.1, -0.05) is 13.3 Å². The first-order chi connectivity index (χ1) is 9.26. The SMILES string of the molecule is CCC1CCC(NC)C(CN2CCC(CCO)C2)C1. The van der Waals surface area contributed by atoms with Crippen LogP contribution in [0.1, 0.15) is 45.4 Å². The lowest BCUT2D eigenvalue weighted by atomic mass is 9.76. The van der Waals surface area contributed by atoms with Gasteiger partial charge in [-0.2, -0.15) is 0 Å². The molecule has 1 saturated heterocycles. The van der Waals surface area contributed by atoms with Crippen LogP contribution in [0.2, 0.25) is 0 Å². The molecule has 2 rings (SSSR count). The van der Waals surface area contributed by atoms with Crippen molar-refractivity contribution in [2.45, 2.75) is 51.5 Å². The van der Waals surface area contributed by atoms with Gasteiger partial charge in [-0.25, -0.2) is 0 Å². The van der Waals surface area contributed by atoms with Crippen LogP contribution in [0, 0.1) is 17.8 Å². The number of nitrogens with one attached hydrogen (secondary N) is 1. The second kappa shape index (κ2) is 7.61. The normalized spacial score (nSPS) is 36.8. The molecule has 112 valence electrons. The smallest absolute Gasteiger partial charge is 0.0434 e. The predicted octanol–water partition coefficient (Wildman–Crippen LogP) is 2.10. The van der Waals surface area contributed by atoms with E-state index in [0.717, 1.165) is 30.2 Å². The minimum absolute atomic E-state index is 0.360. The average Bonchev–Trinajstić information content (AvgIpc) is 2.86. The molecule has 0 aromatic heterocycles. The Bertz CT molecular complexity index is 259. The lowest BCUT2D eigenvalue weighted by Gasteiger charge is -2.38. The van der Waals surface area contributed by atoms with E-state index in [1.807, 2.05) is 0 Å². The maximum atomic E-state index is 9.05. The van der Waals surface area contributed by atoms with Gasteiger partial charge in [0, 0.05) is 25.7 Å². The van der Waals surface area contributed by atoms with Gasteiger partial charge in [0.15, 0.2) is 0 Å². The van der Waals surface area contributed by atoms with Crippen molar-refractivity contribution in [3.63, 3.8) is 0 Å². The topological polar surface area (TPSA) is 35.5 Å². The lowest BCUT2D eigenvalue weighted by Crippen LogP contribution is -2.44. The first-order valence-corrected chi connectivity index (χ1v) is 8.27. The zero-order valence-electron chi connectivity index (χ0n) is 12.8. The number of rotatable bonds is 6. The molecule has 1 aliphatic carbocycles. The summed E-state index contributed by atoms with van der Waals surface area (Å²) in [5.41, 5.74) is 0. The Morgan fingerprint density at radius 1 is 1.21 bits per heavy atom. The summed E-state index contributed by atoms with van der Waals surface area (Å²) in [5.74, 6) is 2.52. The maximum absolute atomic E-state index is 9.05. The third-order valence-electron chi connectivity index (χ3n) is 5.44. The van der Waals surface area contributed by atoms with Crippen LogP contribution in [0.25, 0.3) is 0 Å². The second-order valence-corrected chi connectivity index (χ2v) is 6.67. The number of likely N-dealkylation sites (tertiary alicyclic amines) is 1. The molecule has 0 aromatic rings. The Morgan fingerprint density at radius 2 is 2.05 bits per heavy atom. The van der Waals surface area contributed by atoms with Gasteiger partial charge in [0.05, 0.1) is 0 Å². The molecule has 0 spiro atoms. The van der Waals surface area contributed by atoms with E-state index in [1.54, 1.807) is 0 Å². The number of aliphatic hydroxyl groups is 1. The van der Waals surface area contributed by atoms with Gasteiger partial charge in [0.2, 0.25) is 0 Å². The van der Waals surface area contributed by atoms with Crippen LogP contribution in [-0.4, -0.2) is 49.3 Å². The van der Waals surface area contributed by atoms with Crippen molar-refractivity contribution >= 4 is 0 Å². The molecule has 2 N–H and O–H groups in total. The van der Waals surface area contributed by atoms with E-state index in [9.17, 15) is 0 Å². The van der Waals surface area contributed by atoms with Crippen molar-refractivity contribution in [2.24, 2.45) is 17.8 Å². The Kier molecular flexibility index (Phi) is 6.11. The van der Waals surface area contributed by atoms with E-state index >= 15 is 0 Å². The summed E-state index contributed by atoms with van der Waals surface area (Å²) < 4.78 is 0. The van der Waals surface area contributed by atoms with Crippen LogP contribution in [0.4, 0.5) is 0 Å². The first-order valence-electron chi connectivity index (χ1n) is 8.27. The number of hydrogen-bond donors (Lipinski definition) is 2. The fourth-order valence-electron chi connectivity index (χ4n) is 4.14. The molecule has 0 aromatic carbocycles. The maximum Gasteiger partial charge on any atom is 0.0434 e. The van der Waals surface area contributed by atoms with Crippen molar-refractivity contribution in [3.05, 3.63) is 0 Å². The summed E-state index contributed by atoms with van der Waals surface area (Å²) in [6, 6.07) is 0.722. The van der Waals surface area contributed by atoms with Crippen molar-refractivity contribution < 1.29 is 5.11 Å². The Labute approximate surface area is 118 Å². The van der Waals surface area contributed by atoms with Crippen LogP contribution in [0.15, 0.2) is 0 Å². The molecule has 1 aliphatic heterocycles.